The van der Waals surface area contributed by atoms with Gasteiger partial charge in [-0.25, -0.2) is 0 Å². The van der Waals surface area contributed by atoms with Crippen molar-refractivity contribution in [3.8, 4) is 0 Å². The van der Waals surface area contributed by atoms with Crippen molar-refractivity contribution in [2.75, 3.05) is 11.1 Å². The highest BCUT2D eigenvalue weighted by Gasteiger charge is 2.12. The molecule has 1 aromatic carbocycles. The van der Waals surface area contributed by atoms with Gasteiger partial charge in [-0.3, -0.25) is 9.59 Å². The van der Waals surface area contributed by atoms with Gasteiger partial charge in [-0.2, -0.15) is 0 Å². The summed E-state index contributed by atoms with van der Waals surface area (Å²) in [4.78, 5) is 22.8. The SMILES string of the molecule is Cn1c(CCC(N)=O)nnc1SCC(=O)Nc1cccc(Br)c1. The molecule has 1 aromatic heterocycles. The van der Waals surface area contributed by atoms with E-state index in [1.165, 1.54) is 11.8 Å². The Morgan fingerprint density at radius 2 is 2.17 bits per heavy atom. The Kier molecular flexibility index (Phi) is 6.17. The zero-order chi connectivity index (χ0) is 16.8. The summed E-state index contributed by atoms with van der Waals surface area (Å²) in [6, 6.07) is 7.38. The summed E-state index contributed by atoms with van der Waals surface area (Å²) in [6.45, 7) is 0. The predicted molar refractivity (Wildman–Crippen MR) is 92.0 cm³/mol. The molecule has 0 aliphatic heterocycles. The molecule has 3 N–H and O–H groups in total. The molecule has 0 saturated carbocycles. The number of primary amides is 1. The first-order valence-corrected chi connectivity index (χ1v) is 8.58. The van der Waals surface area contributed by atoms with Gasteiger partial charge in [-0.15, -0.1) is 10.2 Å². The van der Waals surface area contributed by atoms with Crippen LogP contribution in [0.2, 0.25) is 0 Å². The first kappa shape index (κ1) is 17.5. The van der Waals surface area contributed by atoms with Gasteiger partial charge in [0.25, 0.3) is 0 Å². The maximum Gasteiger partial charge on any atom is 0.234 e. The fourth-order valence-corrected chi connectivity index (χ4v) is 2.95. The Balaban J connectivity index is 1.88. The van der Waals surface area contributed by atoms with Crippen molar-refractivity contribution in [3.05, 3.63) is 34.6 Å². The van der Waals surface area contributed by atoms with Crippen LogP contribution in [0.25, 0.3) is 0 Å². The van der Waals surface area contributed by atoms with Crippen molar-refractivity contribution in [1.82, 2.24) is 14.8 Å². The lowest BCUT2D eigenvalue weighted by Gasteiger charge is -2.06. The highest BCUT2D eigenvalue weighted by Crippen LogP contribution is 2.18. The van der Waals surface area contributed by atoms with E-state index in [1.807, 2.05) is 24.3 Å². The predicted octanol–water partition coefficient (Wildman–Crippen LogP) is 1.73. The Hall–Kier alpha value is -1.87. The monoisotopic (exact) mass is 397 g/mol. The molecule has 0 atom stereocenters. The molecule has 23 heavy (non-hydrogen) atoms. The number of nitrogens with zero attached hydrogens (tertiary/aromatic N) is 3. The Bertz CT molecular complexity index is 719. The number of aromatic nitrogens is 3. The zero-order valence-electron chi connectivity index (χ0n) is 12.5. The third-order valence-corrected chi connectivity index (χ3v) is 4.47. The van der Waals surface area contributed by atoms with Crippen LogP contribution in [0.15, 0.2) is 33.9 Å². The molecule has 1 heterocycles. The van der Waals surface area contributed by atoms with Crippen molar-refractivity contribution in [2.24, 2.45) is 12.8 Å². The van der Waals surface area contributed by atoms with E-state index < -0.39 is 0 Å². The number of benzene rings is 1. The molecule has 0 radical (unpaired) electrons. The van der Waals surface area contributed by atoms with Gasteiger partial charge in [-0.05, 0) is 18.2 Å². The molecular formula is C14H16BrN5O2S. The lowest BCUT2D eigenvalue weighted by Crippen LogP contribution is -2.14. The number of carbonyl (C=O) groups excluding carboxylic acids is 2. The second-order valence-electron chi connectivity index (χ2n) is 4.77. The number of aryl methyl sites for hydroxylation is 1. The second kappa shape index (κ2) is 8.11. The minimum Gasteiger partial charge on any atom is -0.370 e. The molecule has 0 spiro atoms. The number of amides is 2. The number of thioether (sulfide) groups is 1. The number of hydrogen-bond donors (Lipinski definition) is 2. The molecule has 0 aliphatic rings. The highest BCUT2D eigenvalue weighted by atomic mass is 79.9. The number of halogens is 1. The van der Waals surface area contributed by atoms with Crippen LogP contribution < -0.4 is 11.1 Å². The van der Waals surface area contributed by atoms with Crippen LogP contribution in [-0.4, -0.2) is 32.3 Å². The van der Waals surface area contributed by atoms with Gasteiger partial charge in [0, 0.05) is 30.0 Å². The first-order valence-electron chi connectivity index (χ1n) is 6.80. The standard InChI is InChI=1S/C14H16BrN5O2S/c1-20-12(6-5-11(16)21)18-19-14(20)23-8-13(22)17-10-4-2-3-9(15)7-10/h2-4,7H,5-6,8H2,1H3,(H2,16,21)(H,17,22). The summed E-state index contributed by atoms with van der Waals surface area (Å²) in [7, 11) is 1.80. The van der Waals surface area contributed by atoms with Crippen LogP contribution in [0.3, 0.4) is 0 Å². The van der Waals surface area contributed by atoms with Crippen LogP contribution >= 0.6 is 27.7 Å². The maximum atomic E-state index is 12.0. The van der Waals surface area contributed by atoms with Crippen molar-refractivity contribution in [1.29, 1.82) is 0 Å². The van der Waals surface area contributed by atoms with Crippen LogP contribution in [0.5, 0.6) is 0 Å². The van der Waals surface area contributed by atoms with E-state index in [0.717, 1.165) is 10.2 Å². The molecule has 9 heteroatoms. The van der Waals surface area contributed by atoms with Gasteiger partial charge in [-0.1, -0.05) is 33.8 Å². The molecule has 0 bridgehead atoms. The summed E-state index contributed by atoms with van der Waals surface area (Å²) in [5.41, 5.74) is 5.85. The number of rotatable bonds is 7. The van der Waals surface area contributed by atoms with Gasteiger partial charge in [0.05, 0.1) is 5.75 Å². The molecular weight excluding hydrogens is 382 g/mol. The Morgan fingerprint density at radius 1 is 1.39 bits per heavy atom. The average Bonchev–Trinajstić information content (AvgIpc) is 2.83. The summed E-state index contributed by atoms with van der Waals surface area (Å²) >= 11 is 4.64. The summed E-state index contributed by atoms with van der Waals surface area (Å²) < 4.78 is 2.66. The number of hydrogen-bond acceptors (Lipinski definition) is 5. The topological polar surface area (TPSA) is 103 Å². The lowest BCUT2D eigenvalue weighted by atomic mass is 10.3. The van der Waals surface area contributed by atoms with E-state index in [2.05, 4.69) is 31.4 Å². The van der Waals surface area contributed by atoms with Gasteiger partial charge in [0.2, 0.25) is 11.8 Å². The first-order chi connectivity index (χ1) is 11.0. The van der Waals surface area contributed by atoms with E-state index >= 15 is 0 Å². The van der Waals surface area contributed by atoms with Crippen LogP contribution in [0.1, 0.15) is 12.2 Å². The molecule has 2 rings (SSSR count). The molecule has 0 unspecified atom stereocenters. The number of carbonyl (C=O) groups is 2. The van der Waals surface area contributed by atoms with Crippen molar-refractivity contribution < 1.29 is 9.59 Å². The van der Waals surface area contributed by atoms with E-state index in [9.17, 15) is 9.59 Å². The smallest absolute Gasteiger partial charge is 0.234 e. The van der Waals surface area contributed by atoms with Crippen molar-refractivity contribution in [3.63, 3.8) is 0 Å². The van der Waals surface area contributed by atoms with E-state index in [0.29, 0.717) is 17.4 Å². The highest BCUT2D eigenvalue weighted by molar-refractivity contribution is 9.10. The van der Waals surface area contributed by atoms with E-state index in [-0.39, 0.29) is 24.0 Å². The Morgan fingerprint density at radius 3 is 2.87 bits per heavy atom. The van der Waals surface area contributed by atoms with Gasteiger partial charge in [0.1, 0.15) is 5.82 Å². The van der Waals surface area contributed by atoms with E-state index in [1.54, 1.807) is 11.6 Å². The average molecular weight is 398 g/mol. The minimum absolute atomic E-state index is 0.130. The zero-order valence-corrected chi connectivity index (χ0v) is 14.9. The Labute approximate surface area is 146 Å². The third kappa shape index (κ3) is 5.36. The van der Waals surface area contributed by atoms with Gasteiger partial charge >= 0.3 is 0 Å². The molecule has 2 amide bonds. The fraction of sp³-hybridized carbons (Fsp3) is 0.286. The van der Waals surface area contributed by atoms with Crippen LogP contribution in [-0.2, 0) is 23.1 Å². The largest absolute Gasteiger partial charge is 0.370 e. The third-order valence-electron chi connectivity index (χ3n) is 2.96. The quantitative estimate of drug-likeness (QED) is 0.692. The number of anilines is 1. The van der Waals surface area contributed by atoms with Crippen LogP contribution in [0, 0.1) is 0 Å². The molecule has 0 saturated heterocycles. The maximum absolute atomic E-state index is 12.0. The van der Waals surface area contributed by atoms with Crippen LogP contribution in [0.4, 0.5) is 5.69 Å². The van der Waals surface area contributed by atoms with Crippen molar-refractivity contribution in [2.45, 2.75) is 18.0 Å². The second-order valence-corrected chi connectivity index (χ2v) is 6.63. The lowest BCUT2D eigenvalue weighted by molar-refractivity contribution is -0.118. The molecule has 122 valence electrons. The molecule has 0 fully saturated rings. The summed E-state index contributed by atoms with van der Waals surface area (Å²) in [5, 5.41) is 11.5. The van der Waals surface area contributed by atoms with Gasteiger partial charge in [0.15, 0.2) is 5.16 Å². The summed E-state index contributed by atoms with van der Waals surface area (Å²) in [5.74, 6) is 0.373. The van der Waals surface area contributed by atoms with E-state index in [4.69, 9.17) is 5.73 Å². The number of nitrogens with two attached hydrogens (primary N) is 1. The fourth-order valence-electron chi connectivity index (χ4n) is 1.82. The molecule has 7 nitrogen and oxygen atoms in total. The number of nitrogens with one attached hydrogen (secondary N) is 1. The molecule has 2 aromatic rings. The van der Waals surface area contributed by atoms with Crippen molar-refractivity contribution >= 4 is 45.2 Å². The summed E-state index contributed by atoms with van der Waals surface area (Å²) in [6.07, 6.45) is 0.656. The molecule has 0 aliphatic carbocycles. The normalized spacial score (nSPS) is 10.5. The minimum atomic E-state index is -0.379. The van der Waals surface area contributed by atoms with Gasteiger partial charge < -0.3 is 15.6 Å².